The summed E-state index contributed by atoms with van der Waals surface area (Å²) in [6.45, 7) is 0. The van der Waals surface area contributed by atoms with Gasteiger partial charge in [-0.3, -0.25) is 0 Å². The molecule has 0 saturated carbocycles. The molecule has 0 aromatic heterocycles. The van der Waals surface area contributed by atoms with Gasteiger partial charge in [-0.15, -0.1) is 15.8 Å². The van der Waals surface area contributed by atoms with Gasteiger partial charge in [-0.1, -0.05) is 0 Å². The summed E-state index contributed by atoms with van der Waals surface area (Å²) in [7, 11) is 0. The maximum absolute atomic E-state index is 7.82. The third-order valence-corrected chi connectivity index (χ3v) is 0.636. The maximum Gasteiger partial charge on any atom is 0.456 e. The molecule has 0 radical (unpaired) electrons. The number of hydrogen-bond donors (Lipinski definition) is 0. The van der Waals surface area contributed by atoms with Crippen molar-refractivity contribution in [3.63, 3.8) is 0 Å². The molecule has 0 aliphatic carbocycles. The lowest BCUT2D eigenvalue weighted by molar-refractivity contribution is 1.55. The summed E-state index contributed by atoms with van der Waals surface area (Å²) in [4.78, 5) is 0. The summed E-state index contributed by atoms with van der Waals surface area (Å²) in [5, 5.41) is 15.6. The summed E-state index contributed by atoms with van der Waals surface area (Å²) >= 11 is 2.75. The molecule has 0 heterocycles. The minimum Gasteiger partial charge on any atom is -0.210 e. The van der Waals surface area contributed by atoms with E-state index >= 15 is 0 Å². The first kappa shape index (κ1) is 5.52. The Kier molecular flexibility index (Phi) is 2.53. The van der Waals surface area contributed by atoms with Crippen LogP contribution in [-0.2, 0) is 0 Å². The zero-order valence-electron chi connectivity index (χ0n) is 2.85. The molecule has 0 bridgehead atoms. The van der Waals surface area contributed by atoms with Crippen LogP contribution in [0.4, 0.5) is 0 Å². The molecule has 0 fully saturated rings. The van der Waals surface area contributed by atoms with Gasteiger partial charge >= 0.3 is 5.54 Å². The molecule has 6 heavy (non-hydrogen) atoms. The van der Waals surface area contributed by atoms with E-state index in [1.54, 1.807) is 11.9 Å². The van der Waals surface area contributed by atoms with E-state index in [0.717, 1.165) is 0 Å². The predicted molar refractivity (Wildman–Crippen MR) is 25.9 cm³/mol. The lowest BCUT2D eigenvalue weighted by Crippen LogP contribution is -1.90. The molecule has 0 saturated heterocycles. The van der Waals surface area contributed by atoms with Crippen LogP contribution in [0.1, 0.15) is 0 Å². The fourth-order valence-electron chi connectivity index (χ4n) is 0.0289. The Morgan fingerprint density at radius 3 is 1.67 bits per heavy atom. The Labute approximate surface area is 44.4 Å². The van der Waals surface area contributed by atoms with Crippen LogP contribution >= 0.6 is 15.8 Å². The van der Waals surface area contributed by atoms with Gasteiger partial charge in [0.1, 0.15) is 0 Å². The standard InChI is InChI=1S/C2BBrN2/c4-3(1-5)2-6. The predicted octanol–water partition coefficient (Wildman–Crippen LogP) is 0.498. The highest BCUT2D eigenvalue weighted by Crippen LogP contribution is 1.84. The normalized spacial score (nSPS) is 5.17. The van der Waals surface area contributed by atoms with E-state index in [1.807, 2.05) is 0 Å². The molecule has 0 spiro atoms. The molecule has 0 aromatic rings. The van der Waals surface area contributed by atoms with Crippen molar-refractivity contribution in [2.75, 3.05) is 0 Å². The summed E-state index contributed by atoms with van der Waals surface area (Å²) < 4.78 is 0. The minimum atomic E-state index is -0.641. The number of hydrogen-bond acceptors (Lipinski definition) is 2. The topological polar surface area (TPSA) is 47.6 Å². The van der Waals surface area contributed by atoms with E-state index in [9.17, 15) is 0 Å². The second kappa shape index (κ2) is 2.75. The van der Waals surface area contributed by atoms with Crippen molar-refractivity contribution in [1.82, 2.24) is 0 Å². The Hall–Kier alpha value is -0.475. The van der Waals surface area contributed by atoms with E-state index < -0.39 is 5.54 Å². The third-order valence-electron chi connectivity index (χ3n) is 0.227. The summed E-state index contributed by atoms with van der Waals surface area (Å²) in [6, 6.07) is 0. The smallest absolute Gasteiger partial charge is 0.210 e. The zero-order chi connectivity index (χ0) is 4.99. The molecule has 0 rings (SSSR count). The molecule has 0 N–H and O–H groups in total. The second-order valence-electron chi connectivity index (χ2n) is 0.621. The van der Waals surface area contributed by atoms with Crippen molar-refractivity contribution in [3.05, 3.63) is 0 Å². The molecule has 0 unspecified atom stereocenters. The maximum atomic E-state index is 7.82. The van der Waals surface area contributed by atoms with Gasteiger partial charge in [0.15, 0.2) is 0 Å². The molecule has 0 aliphatic rings. The molecule has 0 amide bonds. The van der Waals surface area contributed by atoms with E-state index in [1.165, 1.54) is 0 Å². The lowest BCUT2D eigenvalue weighted by atomic mass is 9.84. The van der Waals surface area contributed by atoms with E-state index in [0.29, 0.717) is 0 Å². The zero-order valence-corrected chi connectivity index (χ0v) is 4.44. The van der Waals surface area contributed by atoms with Gasteiger partial charge in [0.05, 0.1) is 0 Å². The van der Waals surface area contributed by atoms with Crippen LogP contribution in [-0.4, -0.2) is 5.54 Å². The fourth-order valence-corrected chi connectivity index (χ4v) is 0.0289. The molecule has 28 valence electrons. The van der Waals surface area contributed by atoms with Crippen LogP contribution < -0.4 is 0 Å². The number of nitrogens with zero attached hydrogens (tertiary/aromatic N) is 2. The van der Waals surface area contributed by atoms with Crippen LogP contribution in [0.3, 0.4) is 0 Å². The van der Waals surface area contributed by atoms with E-state index in [4.69, 9.17) is 10.5 Å². The molecule has 0 aromatic carbocycles. The highest BCUT2D eigenvalue weighted by Gasteiger charge is 2.02. The molecule has 2 nitrogen and oxygen atoms in total. The molecule has 0 aliphatic heterocycles. The van der Waals surface area contributed by atoms with E-state index in [-0.39, 0.29) is 0 Å². The Morgan fingerprint density at radius 1 is 1.33 bits per heavy atom. The minimum absolute atomic E-state index is 0.641. The number of halogens is 1. The highest BCUT2D eigenvalue weighted by atomic mass is 79.9. The average molecular weight is 143 g/mol. The highest BCUT2D eigenvalue weighted by molar-refractivity contribution is 9.25. The Morgan fingerprint density at radius 2 is 1.67 bits per heavy atom. The Balaban J connectivity index is 3.40. The molecule has 0 atom stereocenters. The van der Waals surface area contributed by atoms with Crippen molar-refractivity contribution < 1.29 is 0 Å². The van der Waals surface area contributed by atoms with Crippen molar-refractivity contribution >= 4 is 21.3 Å². The monoisotopic (exact) mass is 142 g/mol. The largest absolute Gasteiger partial charge is 0.456 e. The van der Waals surface area contributed by atoms with Gasteiger partial charge in [-0.25, -0.2) is 10.5 Å². The van der Waals surface area contributed by atoms with Gasteiger partial charge in [0.25, 0.3) is 0 Å². The molecular formula is C2BBrN2. The SMILES string of the molecule is N#CB(Br)C#N. The first-order valence-corrected chi connectivity index (χ1v) is 2.16. The lowest BCUT2D eigenvalue weighted by Gasteiger charge is -1.62. The van der Waals surface area contributed by atoms with E-state index in [2.05, 4.69) is 15.8 Å². The average Bonchev–Trinajstić information content (AvgIpc) is 1.65. The van der Waals surface area contributed by atoms with Crippen LogP contribution in [0.25, 0.3) is 0 Å². The Bertz CT molecular complexity index is 95.7. The van der Waals surface area contributed by atoms with Gasteiger partial charge in [0.2, 0.25) is 0 Å². The first-order chi connectivity index (χ1) is 2.81. The second-order valence-corrected chi connectivity index (χ2v) is 1.54. The summed E-state index contributed by atoms with van der Waals surface area (Å²) in [6.07, 6.45) is 0. The van der Waals surface area contributed by atoms with Gasteiger partial charge in [-0.05, 0) is 0 Å². The van der Waals surface area contributed by atoms with Gasteiger partial charge in [-0.2, -0.15) is 0 Å². The van der Waals surface area contributed by atoms with Gasteiger partial charge < -0.3 is 0 Å². The van der Waals surface area contributed by atoms with Crippen molar-refractivity contribution in [3.8, 4) is 11.9 Å². The van der Waals surface area contributed by atoms with Crippen LogP contribution in [0.2, 0.25) is 0 Å². The summed E-state index contributed by atoms with van der Waals surface area (Å²) in [5.74, 6) is 3.34. The number of nitriles is 2. The van der Waals surface area contributed by atoms with Crippen molar-refractivity contribution in [1.29, 1.82) is 10.5 Å². The quantitative estimate of drug-likeness (QED) is 0.463. The van der Waals surface area contributed by atoms with Crippen LogP contribution in [0.15, 0.2) is 0 Å². The first-order valence-electron chi connectivity index (χ1n) is 1.24. The van der Waals surface area contributed by atoms with Crippen molar-refractivity contribution in [2.45, 2.75) is 0 Å². The third kappa shape index (κ3) is 1.81. The fraction of sp³-hybridized carbons (Fsp3) is 0. The van der Waals surface area contributed by atoms with Crippen molar-refractivity contribution in [2.24, 2.45) is 0 Å². The van der Waals surface area contributed by atoms with Gasteiger partial charge in [0, 0.05) is 11.9 Å². The molecular weight excluding hydrogens is 143 g/mol. The van der Waals surface area contributed by atoms with Crippen LogP contribution in [0.5, 0.6) is 0 Å². The number of rotatable bonds is 0. The molecule has 4 heteroatoms. The summed E-state index contributed by atoms with van der Waals surface area (Å²) in [5.41, 5.74) is -0.641. The van der Waals surface area contributed by atoms with Crippen LogP contribution in [0, 0.1) is 22.5 Å².